The third kappa shape index (κ3) is 3.44. The zero-order valence-electron chi connectivity index (χ0n) is 14.0. The van der Waals surface area contributed by atoms with Crippen molar-refractivity contribution < 1.29 is 23.1 Å². The number of carbonyl (C=O) groups excluding carboxylic acids is 2. The van der Waals surface area contributed by atoms with E-state index in [0.29, 0.717) is 19.5 Å². The number of carbonyl (C=O) groups is 2. The van der Waals surface area contributed by atoms with Gasteiger partial charge in [-0.3, -0.25) is 9.69 Å². The van der Waals surface area contributed by atoms with Gasteiger partial charge in [-0.1, -0.05) is 6.07 Å². The van der Waals surface area contributed by atoms with Crippen molar-refractivity contribution in [2.24, 2.45) is 0 Å². The maximum Gasteiger partial charge on any atom is 0.321 e. The number of rotatable bonds is 4. The first-order chi connectivity index (χ1) is 12.5. The van der Waals surface area contributed by atoms with E-state index in [2.05, 4.69) is 10.6 Å². The smallest absolute Gasteiger partial charge is 0.321 e. The summed E-state index contributed by atoms with van der Waals surface area (Å²) in [6, 6.07) is 7.64. The number of amides is 3. The van der Waals surface area contributed by atoms with Gasteiger partial charge < -0.3 is 15.4 Å². The van der Waals surface area contributed by atoms with Crippen molar-refractivity contribution in [3.8, 4) is 5.75 Å². The largest absolute Gasteiger partial charge is 0.494 e. The molecule has 0 bridgehead atoms. The molecule has 0 atom stereocenters. The topological polar surface area (TPSA) is 70.7 Å². The number of anilines is 2. The van der Waals surface area contributed by atoms with Crippen LogP contribution in [0.5, 0.6) is 5.75 Å². The fourth-order valence-corrected chi connectivity index (χ4v) is 2.70. The molecule has 2 aromatic carbocycles. The summed E-state index contributed by atoms with van der Waals surface area (Å²) in [7, 11) is 1.30. The highest BCUT2D eigenvalue weighted by molar-refractivity contribution is 6.05. The molecule has 1 aliphatic rings. The van der Waals surface area contributed by atoms with E-state index in [1.54, 1.807) is 0 Å². The lowest BCUT2D eigenvalue weighted by Crippen LogP contribution is -2.46. The summed E-state index contributed by atoms with van der Waals surface area (Å²) in [4.78, 5) is 25.5. The predicted octanol–water partition coefficient (Wildman–Crippen LogP) is 3.15. The average molecular weight is 361 g/mol. The molecular weight excluding hydrogens is 344 g/mol. The number of nitrogens with one attached hydrogen (secondary N) is 2. The first-order valence-electron chi connectivity index (χ1n) is 8.00. The van der Waals surface area contributed by atoms with E-state index >= 15 is 0 Å². The maximum absolute atomic E-state index is 14.2. The number of methoxy groups -OCH3 is 1. The van der Waals surface area contributed by atoms with Gasteiger partial charge in [0, 0.05) is 18.8 Å². The quantitative estimate of drug-likeness (QED) is 0.879. The van der Waals surface area contributed by atoms with Gasteiger partial charge in [0.25, 0.3) is 5.91 Å². The van der Waals surface area contributed by atoms with Crippen LogP contribution in [0.1, 0.15) is 16.8 Å². The van der Waals surface area contributed by atoms with Crippen LogP contribution in [0.2, 0.25) is 0 Å². The normalized spacial score (nSPS) is 14.0. The first kappa shape index (κ1) is 17.7. The molecule has 2 aromatic rings. The standard InChI is InChI=1S/C18H17F2N3O3/c1-26-15-5-2-4-12(16(15)20)17(24)22-11-6-7-13(19)14(10-11)23-9-3-8-21-18(23)25/h2,4-7,10H,3,8-9H2,1H3,(H,21,25)(H,22,24). The van der Waals surface area contributed by atoms with Gasteiger partial charge >= 0.3 is 6.03 Å². The Morgan fingerprint density at radius 3 is 2.81 bits per heavy atom. The van der Waals surface area contributed by atoms with Crippen molar-refractivity contribution in [1.82, 2.24) is 5.32 Å². The molecule has 3 amide bonds. The fraction of sp³-hybridized carbons (Fsp3) is 0.222. The van der Waals surface area contributed by atoms with Crippen LogP contribution in [-0.2, 0) is 0 Å². The summed E-state index contributed by atoms with van der Waals surface area (Å²) in [5, 5.41) is 5.15. The van der Waals surface area contributed by atoms with Crippen molar-refractivity contribution in [2.45, 2.75) is 6.42 Å². The molecule has 1 heterocycles. The number of halogens is 2. The molecule has 1 saturated heterocycles. The Labute approximate surface area is 148 Å². The van der Waals surface area contributed by atoms with Crippen LogP contribution >= 0.6 is 0 Å². The van der Waals surface area contributed by atoms with Crippen LogP contribution in [0.4, 0.5) is 25.0 Å². The van der Waals surface area contributed by atoms with Gasteiger partial charge in [0.15, 0.2) is 11.6 Å². The third-order valence-corrected chi connectivity index (χ3v) is 4.00. The molecule has 6 nitrogen and oxygen atoms in total. The van der Waals surface area contributed by atoms with Crippen LogP contribution in [0.25, 0.3) is 0 Å². The molecule has 0 saturated carbocycles. The third-order valence-electron chi connectivity index (χ3n) is 4.00. The minimum Gasteiger partial charge on any atom is -0.494 e. The van der Waals surface area contributed by atoms with Gasteiger partial charge in [0.2, 0.25) is 0 Å². The average Bonchev–Trinajstić information content (AvgIpc) is 2.64. The maximum atomic E-state index is 14.2. The number of benzene rings is 2. The van der Waals surface area contributed by atoms with E-state index in [1.807, 2.05) is 0 Å². The SMILES string of the molecule is COc1cccc(C(=O)Nc2ccc(F)c(N3CCCNC3=O)c2)c1F. The second-order valence-electron chi connectivity index (χ2n) is 5.68. The van der Waals surface area contributed by atoms with Crippen LogP contribution in [0.3, 0.4) is 0 Å². The van der Waals surface area contributed by atoms with Crippen LogP contribution in [0.15, 0.2) is 36.4 Å². The Morgan fingerprint density at radius 1 is 1.27 bits per heavy atom. The molecule has 136 valence electrons. The van der Waals surface area contributed by atoms with E-state index in [4.69, 9.17) is 4.74 Å². The van der Waals surface area contributed by atoms with Gasteiger partial charge in [-0.15, -0.1) is 0 Å². The number of hydrogen-bond acceptors (Lipinski definition) is 3. The molecule has 8 heteroatoms. The molecule has 26 heavy (non-hydrogen) atoms. The van der Waals surface area contributed by atoms with Crippen molar-refractivity contribution in [3.05, 3.63) is 53.6 Å². The number of ether oxygens (including phenoxy) is 1. The van der Waals surface area contributed by atoms with E-state index < -0.39 is 23.6 Å². The highest BCUT2D eigenvalue weighted by Gasteiger charge is 2.23. The Bertz CT molecular complexity index is 858. The number of nitrogens with zero attached hydrogens (tertiary/aromatic N) is 1. The second kappa shape index (κ2) is 7.38. The zero-order chi connectivity index (χ0) is 18.7. The Balaban J connectivity index is 1.85. The molecule has 1 fully saturated rings. The lowest BCUT2D eigenvalue weighted by molar-refractivity contribution is 0.102. The Morgan fingerprint density at radius 2 is 2.08 bits per heavy atom. The van der Waals surface area contributed by atoms with E-state index in [1.165, 1.54) is 42.3 Å². The summed E-state index contributed by atoms with van der Waals surface area (Å²) in [6.07, 6.45) is 0.677. The summed E-state index contributed by atoms with van der Waals surface area (Å²) in [6.45, 7) is 0.896. The predicted molar refractivity (Wildman–Crippen MR) is 92.7 cm³/mol. The van der Waals surface area contributed by atoms with Crippen LogP contribution in [-0.4, -0.2) is 32.1 Å². The molecule has 0 aromatic heterocycles. The van der Waals surface area contributed by atoms with Gasteiger partial charge in [-0.25, -0.2) is 13.6 Å². The summed E-state index contributed by atoms with van der Waals surface area (Å²) in [5.74, 6) is -2.14. The van der Waals surface area contributed by atoms with Crippen LogP contribution in [0, 0.1) is 11.6 Å². The summed E-state index contributed by atoms with van der Waals surface area (Å²) in [5.41, 5.74) is 0.0871. The molecule has 0 aliphatic carbocycles. The van der Waals surface area contributed by atoms with E-state index in [0.717, 1.165) is 6.07 Å². The van der Waals surface area contributed by atoms with Crippen LogP contribution < -0.4 is 20.3 Å². The Kier molecular flexibility index (Phi) is 5.01. The number of hydrogen-bond donors (Lipinski definition) is 2. The van der Waals surface area contributed by atoms with Gasteiger partial charge in [0.05, 0.1) is 18.4 Å². The van der Waals surface area contributed by atoms with Gasteiger partial charge in [0.1, 0.15) is 5.82 Å². The fourth-order valence-electron chi connectivity index (χ4n) is 2.70. The minimum absolute atomic E-state index is 0.0473. The molecule has 3 rings (SSSR count). The van der Waals surface area contributed by atoms with Crippen molar-refractivity contribution in [1.29, 1.82) is 0 Å². The first-order valence-corrected chi connectivity index (χ1v) is 8.00. The molecule has 0 unspecified atom stereocenters. The van der Waals surface area contributed by atoms with E-state index in [-0.39, 0.29) is 22.7 Å². The summed E-state index contributed by atoms with van der Waals surface area (Å²) < 4.78 is 33.2. The van der Waals surface area contributed by atoms with Gasteiger partial charge in [-0.2, -0.15) is 0 Å². The monoisotopic (exact) mass is 361 g/mol. The molecule has 2 N–H and O–H groups in total. The highest BCUT2D eigenvalue weighted by atomic mass is 19.1. The molecule has 0 radical (unpaired) electrons. The zero-order valence-corrected chi connectivity index (χ0v) is 14.0. The van der Waals surface area contributed by atoms with Crippen molar-refractivity contribution >= 4 is 23.3 Å². The molecular formula is C18H17F2N3O3. The molecule has 0 spiro atoms. The molecule has 1 aliphatic heterocycles. The lowest BCUT2D eigenvalue weighted by Gasteiger charge is -2.28. The minimum atomic E-state index is -0.787. The summed E-state index contributed by atoms with van der Waals surface area (Å²) >= 11 is 0. The van der Waals surface area contributed by atoms with Gasteiger partial charge in [-0.05, 0) is 36.8 Å². The second-order valence-corrected chi connectivity index (χ2v) is 5.68. The lowest BCUT2D eigenvalue weighted by atomic mass is 10.1. The number of urea groups is 1. The Hall–Kier alpha value is -3.16. The van der Waals surface area contributed by atoms with E-state index in [9.17, 15) is 18.4 Å². The van der Waals surface area contributed by atoms with Crippen molar-refractivity contribution in [3.63, 3.8) is 0 Å². The highest BCUT2D eigenvalue weighted by Crippen LogP contribution is 2.26. The van der Waals surface area contributed by atoms with Crippen molar-refractivity contribution in [2.75, 3.05) is 30.4 Å².